The summed E-state index contributed by atoms with van der Waals surface area (Å²) in [5.41, 5.74) is 1.93. The minimum Gasteiger partial charge on any atom is -0.497 e. The number of hydrogen-bond acceptors (Lipinski definition) is 5. The van der Waals surface area contributed by atoms with Crippen molar-refractivity contribution in [1.82, 2.24) is 15.3 Å². The molecule has 1 aromatic carbocycles. The fourth-order valence-corrected chi connectivity index (χ4v) is 1.74. The Morgan fingerprint density at radius 3 is 2.74 bits per heavy atom. The van der Waals surface area contributed by atoms with Crippen LogP contribution in [0.15, 0.2) is 36.7 Å². The molecule has 0 atom stereocenters. The quantitative estimate of drug-likeness (QED) is 0.888. The third-order valence-electron chi connectivity index (χ3n) is 2.83. The summed E-state index contributed by atoms with van der Waals surface area (Å²) in [7, 11) is 5.50. The third-order valence-corrected chi connectivity index (χ3v) is 2.83. The Kier molecular flexibility index (Phi) is 4.30. The molecule has 100 valence electrons. The van der Waals surface area contributed by atoms with Crippen molar-refractivity contribution in [2.45, 2.75) is 6.54 Å². The van der Waals surface area contributed by atoms with E-state index in [1.165, 1.54) is 0 Å². The van der Waals surface area contributed by atoms with Crippen molar-refractivity contribution in [3.8, 4) is 5.75 Å². The monoisotopic (exact) mass is 258 g/mol. The predicted molar refractivity (Wildman–Crippen MR) is 75.9 cm³/mol. The summed E-state index contributed by atoms with van der Waals surface area (Å²) in [5.74, 6) is 1.62. The molecule has 0 unspecified atom stereocenters. The molecule has 0 saturated carbocycles. The van der Waals surface area contributed by atoms with Crippen molar-refractivity contribution < 1.29 is 4.74 Å². The first kappa shape index (κ1) is 13.3. The first-order valence-corrected chi connectivity index (χ1v) is 6.08. The molecule has 2 rings (SSSR count). The van der Waals surface area contributed by atoms with E-state index in [1.807, 2.05) is 43.3 Å². The SMILES string of the molecule is CNCc1cnc(N(C)c2cccc(OC)c2)cn1. The van der Waals surface area contributed by atoms with Crippen molar-refractivity contribution in [1.29, 1.82) is 0 Å². The molecule has 5 nitrogen and oxygen atoms in total. The van der Waals surface area contributed by atoms with Gasteiger partial charge >= 0.3 is 0 Å². The summed E-state index contributed by atoms with van der Waals surface area (Å²) >= 11 is 0. The molecule has 0 aliphatic rings. The van der Waals surface area contributed by atoms with Gasteiger partial charge in [-0.1, -0.05) is 6.07 Å². The lowest BCUT2D eigenvalue weighted by atomic mass is 10.3. The molecular weight excluding hydrogens is 240 g/mol. The van der Waals surface area contributed by atoms with Gasteiger partial charge in [0.05, 0.1) is 25.2 Å². The van der Waals surface area contributed by atoms with Gasteiger partial charge in [-0.25, -0.2) is 4.98 Å². The molecule has 1 heterocycles. The maximum atomic E-state index is 5.22. The molecule has 0 spiro atoms. The van der Waals surface area contributed by atoms with Crippen LogP contribution in [0.5, 0.6) is 5.75 Å². The summed E-state index contributed by atoms with van der Waals surface area (Å²) in [6.45, 7) is 0.718. The maximum Gasteiger partial charge on any atom is 0.151 e. The molecule has 2 aromatic rings. The van der Waals surface area contributed by atoms with Crippen LogP contribution in [0.2, 0.25) is 0 Å². The van der Waals surface area contributed by atoms with E-state index >= 15 is 0 Å². The number of nitrogens with zero attached hydrogens (tertiary/aromatic N) is 3. The Morgan fingerprint density at radius 2 is 2.11 bits per heavy atom. The molecule has 0 fully saturated rings. The molecule has 19 heavy (non-hydrogen) atoms. The van der Waals surface area contributed by atoms with Gasteiger partial charge in [0.1, 0.15) is 5.75 Å². The van der Waals surface area contributed by atoms with Gasteiger partial charge in [-0.05, 0) is 19.2 Å². The van der Waals surface area contributed by atoms with Crippen LogP contribution >= 0.6 is 0 Å². The van der Waals surface area contributed by atoms with E-state index in [0.29, 0.717) is 0 Å². The van der Waals surface area contributed by atoms with Crippen LogP contribution in [0.4, 0.5) is 11.5 Å². The second-order valence-electron chi connectivity index (χ2n) is 4.16. The average molecular weight is 258 g/mol. The summed E-state index contributed by atoms with van der Waals surface area (Å²) in [6, 6.07) is 7.83. The first-order chi connectivity index (χ1) is 9.24. The third kappa shape index (κ3) is 3.20. The average Bonchev–Trinajstić information content (AvgIpc) is 2.48. The summed E-state index contributed by atoms with van der Waals surface area (Å²) in [6.07, 6.45) is 3.55. The lowest BCUT2D eigenvalue weighted by molar-refractivity contribution is 0.415. The standard InChI is InChI=1S/C14H18N4O/c1-15-8-11-9-17-14(10-16-11)18(2)12-5-4-6-13(7-12)19-3/h4-7,9-10,15H,8H2,1-3H3. The van der Waals surface area contributed by atoms with Crippen LogP contribution in [0.3, 0.4) is 0 Å². The largest absolute Gasteiger partial charge is 0.497 e. The van der Waals surface area contributed by atoms with Gasteiger partial charge in [0.2, 0.25) is 0 Å². The Morgan fingerprint density at radius 1 is 1.26 bits per heavy atom. The van der Waals surface area contributed by atoms with Gasteiger partial charge in [0, 0.05) is 25.3 Å². The highest BCUT2D eigenvalue weighted by molar-refractivity contribution is 5.60. The lowest BCUT2D eigenvalue weighted by Crippen LogP contribution is -2.13. The minimum atomic E-state index is 0.718. The van der Waals surface area contributed by atoms with E-state index in [2.05, 4.69) is 15.3 Å². The van der Waals surface area contributed by atoms with Crippen molar-refractivity contribution in [2.75, 3.05) is 26.1 Å². The highest BCUT2D eigenvalue weighted by Gasteiger charge is 2.06. The topological polar surface area (TPSA) is 50.3 Å². The molecular formula is C14H18N4O. The molecule has 0 radical (unpaired) electrons. The molecule has 0 amide bonds. The van der Waals surface area contributed by atoms with E-state index in [9.17, 15) is 0 Å². The number of ether oxygens (including phenoxy) is 1. The number of methoxy groups -OCH3 is 1. The van der Waals surface area contributed by atoms with E-state index < -0.39 is 0 Å². The smallest absolute Gasteiger partial charge is 0.151 e. The zero-order valence-electron chi connectivity index (χ0n) is 11.4. The number of nitrogens with one attached hydrogen (secondary N) is 1. The highest BCUT2D eigenvalue weighted by atomic mass is 16.5. The van der Waals surface area contributed by atoms with Crippen molar-refractivity contribution in [2.24, 2.45) is 0 Å². The Hall–Kier alpha value is -2.14. The van der Waals surface area contributed by atoms with Crippen LogP contribution in [0, 0.1) is 0 Å². The van der Waals surface area contributed by atoms with Gasteiger partial charge in [-0.15, -0.1) is 0 Å². The molecule has 0 aliphatic heterocycles. The number of hydrogen-bond donors (Lipinski definition) is 1. The van der Waals surface area contributed by atoms with E-state index in [4.69, 9.17) is 4.74 Å². The number of aromatic nitrogens is 2. The van der Waals surface area contributed by atoms with Crippen molar-refractivity contribution in [3.63, 3.8) is 0 Å². The van der Waals surface area contributed by atoms with Crippen molar-refractivity contribution >= 4 is 11.5 Å². The van der Waals surface area contributed by atoms with Crippen LogP contribution in [0.25, 0.3) is 0 Å². The van der Waals surface area contributed by atoms with Crippen LogP contribution in [-0.4, -0.2) is 31.2 Å². The first-order valence-electron chi connectivity index (χ1n) is 6.08. The molecule has 0 aliphatic carbocycles. The summed E-state index contributed by atoms with van der Waals surface area (Å²) in [4.78, 5) is 10.7. The lowest BCUT2D eigenvalue weighted by Gasteiger charge is -2.18. The summed E-state index contributed by atoms with van der Waals surface area (Å²) in [5, 5.41) is 3.05. The van der Waals surface area contributed by atoms with E-state index in [0.717, 1.165) is 29.5 Å². The fourth-order valence-electron chi connectivity index (χ4n) is 1.74. The minimum absolute atomic E-state index is 0.718. The zero-order chi connectivity index (χ0) is 13.7. The Bertz CT molecular complexity index is 527. The van der Waals surface area contributed by atoms with Crippen LogP contribution in [0.1, 0.15) is 5.69 Å². The zero-order valence-corrected chi connectivity index (χ0v) is 11.4. The molecule has 0 saturated heterocycles. The molecule has 0 bridgehead atoms. The Balaban J connectivity index is 2.20. The Labute approximate surface area is 113 Å². The van der Waals surface area contributed by atoms with Crippen LogP contribution in [-0.2, 0) is 6.54 Å². The van der Waals surface area contributed by atoms with E-state index in [1.54, 1.807) is 19.5 Å². The molecule has 5 heteroatoms. The van der Waals surface area contributed by atoms with Crippen molar-refractivity contribution in [3.05, 3.63) is 42.4 Å². The van der Waals surface area contributed by atoms with Gasteiger partial charge in [-0.2, -0.15) is 0 Å². The van der Waals surface area contributed by atoms with E-state index in [-0.39, 0.29) is 0 Å². The second kappa shape index (κ2) is 6.15. The predicted octanol–water partition coefficient (Wildman–Crippen LogP) is 1.97. The van der Waals surface area contributed by atoms with Crippen LogP contribution < -0.4 is 15.0 Å². The van der Waals surface area contributed by atoms with Gasteiger partial charge in [-0.3, -0.25) is 4.98 Å². The van der Waals surface area contributed by atoms with Gasteiger partial charge < -0.3 is 15.0 Å². The second-order valence-corrected chi connectivity index (χ2v) is 4.16. The van der Waals surface area contributed by atoms with Gasteiger partial charge in [0.15, 0.2) is 5.82 Å². The normalized spacial score (nSPS) is 10.3. The maximum absolute atomic E-state index is 5.22. The fraction of sp³-hybridized carbons (Fsp3) is 0.286. The number of rotatable bonds is 5. The highest BCUT2D eigenvalue weighted by Crippen LogP contribution is 2.24. The summed E-state index contributed by atoms with van der Waals surface area (Å²) < 4.78 is 5.22. The molecule has 1 N–H and O–H groups in total. The number of anilines is 2. The van der Waals surface area contributed by atoms with Gasteiger partial charge in [0.25, 0.3) is 0 Å². The number of benzene rings is 1. The molecule has 1 aromatic heterocycles.